The molecule has 30 heavy (non-hydrogen) atoms. The van der Waals surface area contributed by atoms with Crippen LogP contribution in [0, 0.1) is 5.82 Å². The summed E-state index contributed by atoms with van der Waals surface area (Å²) in [7, 11) is -0.919. The molecule has 2 aliphatic rings. The minimum atomic E-state index is -4.61. The minimum absolute atomic E-state index is 0.0283. The average Bonchev–Trinajstić information content (AvgIpc) is 3.29. The Balaban J connectivity index is 1.46. The van der Waals surface area contributed by atoms with Gasteiger partial charge in [0.15, 0.2) is 5.69 Å². The molecule has 0 saturated carbocycles. The van der Waals surface area contributed by atoms with E-state index in [0.29, 0.717) is 23.5 Å². The van der Waals surface area contributed by atoms with Gasteiger partial charge in [-0.15, -0.1) is 5.10 Å². The van der Waals surface area contributed by atoms with E-state index in [0.717, 1.165) is 16.5 Å². The molecule has 4 rings (SSSR count). The molecule has 2 atom stereocenters. The standard InChI is InChI=1S/C18H16F4N4O3S/c19-15-7-12(1-2-14(15)11-3-5-30(28)6-4-11)26-9-13(29-17(26)27)8-25-10-16(23-24-25)18(20,21)22/h1-3,7,10,13H,4-6,8-9H2. The summed E-state index contributed by atoms with van der Waals surface area (Å²) in [6.07, 6.45) is -3.11. The van der Waals surface area contributed by atoms with Crippen LogP contribution in [-0.2, 0) is 28.3 Å². The first-order valence-electron chi connectivity index (χ1n) is 9.00. The lowest BCUT2D eigenvalue weighted by atomic mass is 10.0. The number of aromatic nitrogens is 3. The summed E-state index contributed by atoms with van der Waals surface area (Å²) in [6, 6.07) is 4.34. The van der Waals surface area contributed by atoms with Gasteiger partial charge in [0.2, 0.25) is 0 Å². The Labute approximate surface area is 170 Å². The first-order valence-corrected chi connectivity index (χ1v) is 10.5. The maximum Gasteiger partial charge on any atom is 0.436 e. The third-order valence-corrected chi connectivity index (χ3v) is 6.02. The molecule has 7 nitrogen and oxygen atoms in total. The molecular weight excluding hydrogens is 428 g/mol. The Kier molecular flexibility index (Phi) is 5.35. The van der Waals surface area contributed by atoms with Crippen molar-refractivity contribution in [2.75, 3.05) is 23.0 Å². The number of cyclic esters (lactones) is 1. The number of allylic oxidation sites excluding steroid dienone is 1. The first-order chi connectivity index (χ1) is 14.2. The van der Waals surface area contributed by atoms with E-state index >= 15 is 0 Å². The van der Waals surface area contributed by atoms with Crippen LogP contribution in [0.3, 0.4) is 0 Å². The van der Waals surface area contributed by atoms with Crippen molar-refractivity contribution in [2.24, 2.45) is 0 Å². The van der Waals surface area contributed by atoms with Crippen molar-refractivity contribution in [3.63, 3.8) is 0 Å². The number of nitrogens with zero attached hydrogens (tertiary/aromatic N) is 4. The van der Waals surface area contributed by atoms with Crippen LogP contribution in [0.4, 0.5) is 28.0 Å². The van der Waals surface area contributed by atoms with Gasteiger partial charge in [0, 0.05) is 27.9 Å². The summed E-state index contributed by atoms with van der Waals surface area (Å²) < 4.78 is 70.1. The third kappa shape index (κ3) is 4.23. The van der Waals surface area contributed by atoms with Gasteiger partial charge >= 0.3 is 12.3 Å². The van der Waals surface area contributed by atoms with Gasteiger partial charge in [0.25, 0.3) is 0 Å². The molecule has 12 heteroatoms. The van der Waals surface area contributed by atoms with Crippen molar-refractivity contribution < 1.29 is 31.3 Å². The maximum absolute atomic E-state index is 14.6. The molecule has 1 amide bonds. The van der Waals surface area contributed by atoms with Gasteiger partial charge in [-0.25, -0.2) is 13.9 Å². The summed E-state index contributed by atoms with van der Waals surface area (Å²) in [5.41, 5.74) is 0.300. The zero-order chi connectivity index (χ0) is 21.5. The summed E-state index contributed by atoms with van der Waals surface area (Å²) in [5.74, 6) is 0.342. The largest absolute Gasteiger partial charge is 0.442 e. The zero-order valence-corrected chi connectivity index (χ0v) is 16.2. The number of benzene rings is 1. The maximum atomic E-state index is 14.6. The number of hydrogen-bond acceptors (Lipinski definition) is 5. The van der Waals surface area contributed by atoms with E-state index in [9.17, 15) is 26.6 Å². The SMILES string of the molecule is O=C1OC(Cn2cc(C(F)(F)F)nn2)CN1c1ccc(C2=CCS(=O)CC2)c(F)c1. The summed E-state index contributed by atoms with van der Waals surface area (Å²) in [6.45, 7) is -0.0869. The lowest BCUT2D eigenvalue weighted by Crippen LogP contribution is -2.26. The number of anilines is 1. The third-order valence-electron chi connectivity index (χ3n) is 4.82. The number of hydrogen-bond donors (Lipinski definition) is 0. The van der Waals surface area contributed by atoms with E-state index in [1.165, 1.54) is 11.0 Å². The second kappa shape index (κ2) is 7.82. The lowest BCUT2D eigenvalue weighted by Gasteiger charge is -2.17. The number of halogens is 4. The molecule has 2 aliphatic heterocycles. The first kappa shape index (κ1) is 20.5. The van der Waals surface area contributed by atoms with Gasteiger partial charge in [-0.05, 0) is 30.2 Å². The molecule has 0 aliphatic carbocycles. The lowest BCUT2D eigenvalue weighted by molar-refractivity contribution is -0.141. The molecule has 160 valence electrons. The van der Waals surface area contributed by atoms with Crippen LogP contribution in [0.25, 0.3) is 5.57 Å². The van der Waals surface area contributed by atoms with Crippen LogP contribution in [0.15, 0.2) is 30.5 Å². The monoisotopic (exact) mass is 444 g/mol. The molecule has 1 aromatic heterocycles. The number of amides is 1. The molecule has 0 N–H and O–H groups in total. The number of alkyl halides is 3. The average molecular weight is 444 g/mol. The number of rotatable bonds is 4. The number of carbonyl (C=O) groups excluding carboxylic acids is 1. The van der Waals surface area contributed by atoms with E-state index in [-0.39, 0.29) is 18.8 Å². The van der Waals surface area contributed by atoms with E-state index in [4.69, 9.17) is 4.74 Å². The predicted molar refractivity (Wildman–Crippen MR) is 99.5 cm³/mol. The molecule has 3 heterocycles. The topological polar surface area (TPSA) is 77.3 Å². The fourth-order valence-corrected chi connectivity index (χ4v) is 4.33. The fourth-order valence-electron chi connectivity index (χ4n) is 3.33. The molecule has 1 aromatic carbocycles. The van der Waals surface area contributed by atoms with E-state index in [1.54, 1.807) is 18.2 Å². The Hall–Kier alpha value is -2.76. The minimum Gasteiger partial charge on any atom is -0.442 e. The van der Waals surface area contributed by atoms with Gasteiger partial charge in [0.05, 0.1) is 25.0 Å². The Morgan fingerprint density at radius 1 is 1.30 bits per heavy atom. The van der Waals surface area contributed by atoms with Crippen molar-refractivity contribution in [2.45, 2.75) is 25.2 Å². The quantitative estimate of drug-likeness (QED) is 0.678. The van der Waals surface area contributed by atoms with E-state index < -0.39 is 40.7 Å². The molecule has 2 aromatic rings. The highest BCUT2D eigenvalue weighted by Crippen LogP contribution is 2.30. The number of ether oxygens (including phenoxy) is 1. The molecule has 0 bridgehead atoms. The van der Waals surface area contributed by atoms with Gasteiger partial charge in [-0.1, -0.05) is 11.3 Å². The van der Waals surface area contributed by atoms with Crippen molar-refractivity contribution in [3.05, 3.63) is 47.5 Å². The molecule has 0 spiro atoms. The highest BCUT2D eigenvalue weighted by Gasteiger charge is 2.36. The van der Waals surface area contributed by atoms with Crippen LogP contribution < -0.4 is 4.90 Å². The second-order valence-corrected chi connectivity index (χ2v) is 8.52. The Bertz CT molecular complexity index is 1040. The highest BCUT2D eigenvalue weighted by molar-refractivity contribution is 7.85. The summed E-state index contributed by atoms with van der Waals surface area (Å²) in [5, 5.41) is 6.46. The van der Waals surface area contributed by atoms with Crippen molar-refractivity contribution in [1.29, 1.82) is 0 Å². The van der Waals surface area contributed by atoms with E-state index in [1.807, 2.05) is 0 Å². The Morgan fingerprint density at radius 3 is 2.73 bits per heavy atom. The summed E-state index contributed by atoms with van der Waals surface area (Å²) in [4.78, 5) is 13.4. The molecule has 0 radical (unpaired) electrons. The van der Waals surface area contributed by atoms with E-state index in [2.05, 4.69) is 10.3 Å². The van der Waals surface area contributed by atoms with Crippen molar-refractivity contribution in [1.82, 2.24) is 15.0 Å². The van der Waals surface area contributed by atoms with Gasteiger partial charge < -0.3 is 4.74 Å². The van der Waals surface area contributed by atoms with Crippen LogP contribution in [-0.4, -0.2) is 49.5 Å². The molecule has 1 saturated heterocycles. The van der Waals surface area contributed by atoms with Crippen LogP contribution in [0.1, 0.15) is 17.7 Å². The second-order valence-electron chi connectivity index (χ2n) is 6.89. The van der Waals surface area contributed by atoms with Gasteiger partial charge in [-0.2, -0.15) is 13.2 Å². The molecule has 2 unspecified atom stereocenters. The molecular formula is C18H16F4N4O3S. The van der Waals surface area contributed by atoms with Crippen LogP contribution in [0.5, 0.6) is 0 Å². The smallest absolute Gasteiger partial charge is 0.436 e. The zero-order valence-electron chi connectivity index (χ0n) is 15.4. The fraction of sp³-hybridized carbons (Fsp3) is 0.389. The predicted octanol–water partition coefficient (Wildman–Crippen LogP) is 3.00. The van der Waals surface area contributed by atoms with Crippen LogP contribution >= 0.6 is 0 Å². The normalized spacial score (nSPS) is 22.2. The van der Waals surface area contributed by atoms with Crippen LogP contribution in [0.2, 0.25) is 0 Å². The highest BCUT2D eigenvalue weighted by atomic mass is 32.2. The molecule has 1 fully saturated rings. The summed E-state index contributed by atoms with van der Waals surface area (Å²) >= 11 is 0. The van der Waals surface area contributed by atoms with Gasteiger partial charge in [-0.3, -0.25) is 9.11 Å². The number of carbonyl (C=O) groups is 1. The Morgan fingerprint density at radius 2 is 2.10 bits per heavy atom. The van der Waals surface area contributed by atoms with Crippen molar-refractivity contribution in [3.8, 4) is 0 Å². The van der Waals surface area contributed by atoms with Gasteiger partial charge in [0.1, 0.15) is 11.9 Å². The van der Waals surface area contributed by atoms with Crippen molar-refractivity contribution >= 4 is 28.2 Å².